The molecule has 8 nitrogen and oxygen atoms in total. The molecule has 0 aromatic heterocycles. The van der Waals surface area contributed by atoms with Crippen molar-refractivity contribution in [3.63, 3.8) is 0 Å². The predicted molar refractivity (Wildman–Crippen MR) is 134 cm³/mol. The summed E-state index contributed by atoms with van der Waals surface area (Å²) in [7, 11) is 3.06. The molecular formula is C24H24N4O4S. The maximum atomic E-state index is 12.3. The Morgan fingerprint density at radius 1 is 0.909 bits per heavy atom. The van der Waals surface area contributed by atoms with Gasteiger partial charge in [0.1, 0.15) is 5.75 Å². The van der Waals surface area contributed by atoms with E-state index in [1.807, 2.05) is 42.5 Å². The van der Waals surface area contributed by atoms with Crippen molar-refractivity contribution >= 4 is 40.8 Å². The largest absolute Gasteiger partial charge is 0.495 e. The van der Waals surface area contributed by atoms with Gasteiger partial charge in [0, 0.05) is 5.69 Å². The van der Waals surface area contributed by atoms with Gasteiger partial charge < -0.3 is 24.8 Å². The SMILES string of the molecule is COc1ccccc1NC(=O)COc1ccc(C=NNC(=S)Nc2ccccc2)cc1OC. The van der Waals surface area contributed by atoms with Crippen LogP contribution in [0, 0.1) is 0 Å². The van der Waals surface area contributed by atoms with Gasteiger partial charge in [-0.15, -0.1) is 0 Å². The van der Waals surface area contributed by atoms with Crippen molar-refractivity contribution in [1.29, 1.82) is 0 Å². The number of anilines is 2. The third-order valence-corrected chi connectivity index (χ3v) is 4.53. The number of hydrazone groups is 1. The lowest BCUT2D eigenvalue weighted by Gasteiger charge is -2.13. The Balaban J connectivity index is 1.54. The molecular weight excluding hydrogens is 440 g/mol. The summed E-state index contributed by atoms with van der Waals surface area (Å²) in [6, 6.07) is 21.9. The zero-order valence-electron chi connectivity index (χ0n) is 18.2. The Labute approximate surface area is 197 Å². The highest BCUT2D eigenvalue weighted by Gasteiger charge is 2.10. The van der Waals surface area contributed by atoms with Crippen molar-refractivity contribution in [3.8, 4) is 17.2 Å². The lowest BCUT2D eigenvalue weighted by atomic mass is 10.2. The van der Waals surface area contributed by atoms with Crippen LogP contribution >= 0.6 is 12.2 Å². The summed E-state index contributed by atoms with van der Waals surface area (Å²) in [6.45, 7) is -0.192. The number of nitrogens with zero attached hydrogens (tertiary/aromatic N) is 1. The zero-order chi connectivity index (χ0) is 23.5. The molecule has 3 aromatic rings. The van der Waals surface area contributed by atoms with Crippen LogP contribution in [0.4, 0.5) is 11.4 Å². The second kappa shape index (κ2) is 12.1. The molecule has 0 aliphatic rings. The van der Waals surface area contributed by atoms with E-state index in [2.05, 4.69) is 21.2 Å². The number of amides is 1. The highest BCUT2D eigenvalue weighted by Crippen LogP contribution is 2.28. The topological polar surface area (TPSA) is 93.2 Å². The third kappa shape index (κ3) is 7.22. The van der Waals surface area contributed by atoms with Crippen LogP contribution in [-0.4, -0.2) is 38.1 Å². The van der Waals surface area contributed by atoms with Crippen LogP contribution in [0.2, 0.25) is 0 Å². The zero-order valence-corrected chi connectivity index (χ0v) is 19.0. The summed E-state index contributed by atoms with van der Waals surface area (Å²) in [4.78, 5) is 12.3. The summed E-state index contributed by atoms with van der Waals surface area (Å²) in [5.41, 5.74) is 4.95. The highest BCUT2D eigenvalue weighted by molar-refractivity contribution is 7.80. The first-order valence-corrected chi connectivity index (χ1v) is 10.4. The maximum Gasteiger partial charge on any atom is 0.262 e. The number of hydrogen-bond donors (Lipinski definition) is 3. The van der Waals surface area contributed by atoms with Gasteiger partial charge in [-0.1, -0.05) is 30.3 Å². The van der Waals surface area contributed by atoms with Crippen LogP contribution in [0.3, 0.4) is 0 Å². The molecule has 3 rings (SSSR count). The van der Waals surface area contributed by atoms with E-state index in [0.717, 1.165) is 11.3 Å². The lowest BCUT2D eigenvalue weighted by molar-refractivity contribution is -0.118. The van der Waals surface area contributed by atoms with Gasteiger partial charge in [-0.3, -0.25) is 10.2 Å². The molecule has 9 heteroatoms. The van der Waals surface area contributed by atoms with Gasteiger partial charge in [0.2, 0.25) is 0 Å². The number of ether oxygens (including phenoxy) is 3. The number of thiocarbonyl (C=S) groups is 1. The monoisotopic (exact) mass is 464 g/mol. The number of rotatable bonds is 9. The molecule has 0 bridgehead atoms. The lowest BCUT2D eigenvalue weighted by Crippen LogP contribution is -2.23. The first kappa shape index (κ1) is 23.6. The third-order valence-electron chi connectivity index (χ3n) is 4.34. The molecule has 0 saturated carbocycles. The molecule has 0 atom stereocenters. The van der Waals surface area contributed by atoms with Gasteiger partial charge in [0.25, 0.3) is 5.91 Å². The van der Waals surface area contributed by atoms with Crippen LogP contribution in [-0.2, 0) is 4.79 Å². The highest BCUT2D eigenvalue weighted by atomic mass is 32.1. The first-order valence-electron chi connectivity index (χ1n) is 9.98. The smallest absolute Gasteiger partial charge is 0.262 e. The van der Waals surface area contributed by atoms with Gasteiger partial charge in [0.05, 0.1) is 26.1 Å². The minimum Gasteiger partial charge on any atom is -0.495 e. The Kier molecular flexibility index (Phi) is 8.61. The second-order valence-corrected chi connectivity index (χ2v) is 7.05. The van der Waals surface area contributed by atoms with E-state index in [-0.39, 0.29) is 12.5 Å². The van der Waals surface area contributed by atoms with Gasteiger partial charge in [-0.05, 0) is 60.2 Å². The fourth-order valence-electron chi connectivity index (χ4n) is 2.81. The quantitative estimate of drug-likeness (QED) is 0.250. The number of carbonyl (C=O) groups is 1. The van der Waals surface area contributed by atoms with Crippen LogP contribution in [0.15, 0.2) is 77.9 Å². The van der Waals surface area contributed by atoms with Crippen molar-refractivity contribution in [2.24, 2.45) is 5.10 Å². The number of hydrogen-bond acceptors (Lipinski definition) is 6. The average molecular weight is 465 g/mol. The van der Waals surface area contributed by atoms with E-state index in [1.54, 1.807) is 43.7 Å². The molecule has 0 fully saturated rings. The van der Waals surface area contributed by atoms with Crippen molar-refractivity contribution in [2.75, 3.05) is 31.5 Å². The molecule has 0 aliphatic carbocycles. The Hall–Kier alpha value is -4.11. The van der Waals surface area contributed by atoms with E-state index in [1.165, 1.54) is 7.11 Å². The number of nitrogens with one attached hydrogen (secondary N) is 3. The standard InChI is InChI=1S/C24H24N4O4S/c1-30-20-11-7-6-10-19(20)27-23(29)16-32-21-13-12-17(14-22(21)31-2)15-25-28-24(33)26-18-8-4-3-5-9-18/h3-15H,16H2,1-2H3,(H,27,29)(H2,26,28,33). The summed E-state index contributed by atoms with van der Waals surface area (Å²) in [5.74, 6) is 1.14. The summed E-state index contributed by atoms with van der Waals surface area (Å²) in [5, 5.41) is 10.3. The van der Waals surface area contributed by atoms with Gasteiger partial charge >= 0.3 is 0 Å². The molecule has 0 heterocycles. The maximum absolute atomic E-state index is 12.3. The van der Waals surface area contributed by atoms with Crippen molar-refractivity contribution in [1.82, 2.24) is 5.43 Å². The predicted octanol–water partition coefficient (Wildman–Crippen LogP) is 4.04. The summed E-state index contributed by atoms with van der Waals surface area (Å²) >= 11 is 5.22. The van der Waals surface area contributed by atoms with Crippen LogP contribution < -0.4 is 30.3 Å². The molecule has 3 aromatic carbocycles. The Morgan fingerprint density at radius 3 is 2.39 bits per heavy atom. The van der Waals surface area contributed by atoms with Crippen molar-refractivity contribution in [2.45, 2.75) is 0 Å². The first-order chi connectivity index (χ1) is 16.1. The van der Waals surface area contributed by atoms with E-state index in [0.29, 0.717) is 28.0 Å². The van der Waals surface area contributed by atoms with Gasteiger partial charge in [-0.25, -0.2) is 0 Å². The minimum absolute atomic E-state index is 0.192. The average Bonchev–Trinajstić information content (AvgIpc) is 2.84. The molecule has 1 amide bonds. The van der Waals surface area contributed by atoms with E-state index >= 15 is 0 Å². The van der Waals surface area contributed by atoms with Gasteiger partial charge in [0.15, 0.2) is 23.2 Å². The Bertz CT molecular complexity index is 1120. The number of methoxy groups -OCH3 is 2. The number of benzene rings is 3. The van der Waals surface area contributed by atoms with Crippen LogP contribution in [0.25, 0.3) is 0 Å². The second-order valence-electron chi connectivity index (χ2n) is 6.64. The van der Waals surface area contributed by atoms with Crippen molar-refractivity contribution in [3.05, 3.63) is 78.4 Å². The van der Waals surface area contributed by atoms with Gasteiger partial charge in [-0.2, -0.15) is 5.10 Å². The summed E-state index contributed by atoms with van der Waals surface area (Å²) in [6.07, 6.45) is 1.60. The number of carbonyl (C=O) groups excluding carboxylic acids is 1. The molecule has 0 spiro atoms. The van der Waals surface area contributed by atoms with E-state index < -0.39 is 0 Å². The molecule has 3 N–H and O–H groups in total. The molecule has 0 unspecified atom stereocenters. The van der Waals surface area contributed by atoms with E-state index in [4.69, 9.17) is 26.4 Å². The minimum atomic E-state index is -0.323. The molecule has 170 valence electrons. The fourth-order valence-corrected chi connectivity index (χ4v) is 2.98. The Morgan fingerprint density at radius 2 is 1.64 bits per heavy atom. The molecule has 0 radical (unpaired) electrons. The number of para-hydroxylation sites is 3. The van der Waals surface area contributed by atoms with Crippen LogP contribution in [0.1, 0.15) is 5.56 Å². The fraction of sp³-hybridized carbons (Fsp3) is 0.125. The molecule has 0 aliphatic heterocycles. The molecule has 33 heavy (non-hydrogen) atoms. The molecule has 0 saturated heterocycles. The summed E-state index contributed by atoms with van der Waals surface area (Å²) < 4.78 is 16.2. The van der Waals surface area contributed by atoms with Crippen molar-refractivity contribution < 1.29 is 19.0 Å². The van der Waals surface area contributed by atoms with Crippen LogP contribution in [0.5, 0.6) is 17.2 Å². The normalized spacial score (nSPS) is 10.4. The van der Waals surface area contributed by atoms with E-state index in [9.17, 15) is 4.79 Å².